The van der Waals surface area contributed by atoms with E-state index >= 15 is 0 Å². The lowest BCUT2D eigenvalue weighted by atomic mass is 10.3. The van der Waals surface area contributed by atoms with Crippen molar-refractivity contribution in [1.29, 1.82) is 0 Å². The van der Waals surface area contributed by atoms with E-state index in [1.807, 2.05) is 27.0 Å². The van der Waals surface area contributed by atoms with Crippen LogP contribution in [0.1, 0.15) is 19.5 Å². The predicted molar refractivity (Wildman–Crippen MR) is 74.7 cm³/mol. The second-order valence-electron chi connectivity index (χ2n) is 4.47. The number of halogens is 2. The summed E-state index contributed by atoms with van der Waals surface area (Å²) in [5.74, 6) is 0.377. The summed E-state index contributed by atoms with van der Waals surface area (Å²) >= 11 is 3.35. The largest absolute Gasteiger partial charge is 0.353 e. The lowest BCUT2D eigenvalue weighted by Crippen LogP contribution is -2.14. The van der Waals surface area contributed by atoms with Crippen molar-refractivity contribution >= 4 is 21.9 Å². The first kappa shape index (κ1) is 13.1. The molecule has 2 rings (SSSR count). The van der Waals surface area contributed by atoms with Gasteiger partial charge in [-0.2, -0.15) is 0 Å². The van der Waals surface area contributed by atoms with Crippen LogP contribution in [-0.2, 0) is 0 Å². The molecule has 0 bridgehead atoms. The number of imidazole rings is 1. The quantitative estimate of drug-likeness (QED) is 0.931. The van der Waals surface area contributed by atoms with E-state index in [1.165, 1.54) is 6.07 Å². The van der Waals surface area contributed by atoms with Crippen molar-refractivity contribution in [2.75, 3.05) is 5.32 Å². The molecule has 0 aliphatic rings. The van der Waals surface area contributed by atoms with Crippen molar-refractivity contribution in [3.8, 4) is 5.69 Å². The van der Waals surface area contributed by atoms with E-state index in [4.69, 9.17) is 0 Å². The molecular weight excluding hydrogens is 297 g/mol. The van der Waals surface area contributed by atoms with Crippen LogP contribution in [-0.4, -0.2) is 15.6 Å². The van der Waals surface area contributed by atoms with Crippen molar-refractivity contribution in [2.45, 2.75) is 26.8 Å². The minimum absolute atomic E-state index is 0.237. The standard InChI is InChI=1S/C13H15BrFN3/c1-8(2)16-13-17-9(3)7-18(13)12-6-10(14)4-5-11(12)15/h4-8H,1-3H3,(H,16,17). The van der Waals surface area contributed by atoms with Crippen LogP contribution in [0.25, 0.3) is 5.69 Å². The average Bonchev–Trinajstić information content (AvgIpc) is 2.62. The van der Waals surface area contributed by atoms with E-state index in [0.717, 1.165) is 10.2 Å². The highest BCUT2D eigenvalue weighted by molar-refractivity contribution is 9.10. The molecule has 1 aromatic heterocycles. The summed E-state index contributed by atoms with van der Waals surface area (Å²) in [4.78, 5) is 4.37. The molecule has 0 unspecified atom stereocenters. The molecule has 0 atom stereocenters. The van der Waals surface area contributed by atoms with E-state index in [1.54, 1.807) is 16.7 Å². The van der Waals surface area contributed by atoms with Gasteiger partial charge in [0, 0.05) is 16.7 Å². The van der Waals surface area contributed by atoms with Crippen LogP contribution in [0.2, 0.25) is 0 Å². The zero-order chi connectivity index (χ0) is 13.3. The topological polar surface area (TPSA) is 29.9 Å². The molecule has 18 heavy (non-hydrogen) atoms. The first-order valence-corrected chi connectivity index (χ1v) is 6.54. The summed E-state index contributed by atoms with van der Waals surface area (Å²) in [7, 11) is 0. The molecule has 1 aromatic carbocycles. The molecule has 0 aliphatic heterocycles. The number of anilines is 1. The third-order valence-electron chi connectivity index (χ3n) is 2.41. The molecule has 1 heterocycles. The Hall–Kier alpha value is -1.36. The van der Waals surface area contributed by atoms with Crippen LogP contribution in [0.15, 0.2) is 28.9 Å². The molecule has 96 valence electrons. The molecule has 0 fully saturated rings. The van der Waals surface area contributed by atoms with Crippen molar-refractivity contribution in [1.82, 2.24) is 9.55 Å². The summed E-state index contributed by atoms with van der Waals surface area (Å²) in [5, 5.41) is 3.21. The lowest BCUT2D eigenvalue weighted by Gasteiger charge is -2.13. The summed E-state index contributed by atoms with van der Waals surface area (Å²) in [6.07, 6.45) is 1.82. The smallest absolute Gasteiger partial charge is 0.208 e. The number of benzene rings is 1. The summed E-state index contributed by atoms with van der Waals surface area (Å²) in [5.41, 5.74) is 1.32. The molecular formula is C13H15BrFN3. The van der Waals surface area contributed by atoms with Crippen LogP contribution in [0.5, 0.6) is 0 Å². The number of rotatable bonds is 3. The minimum Gasteiger partial charge on any atom is -0.353 e. The number of nitrogens with one attached hydrogen (secondary N) is 1. The maximum atomic E-state index is 13.9. The molecule has 3 nitrogen and oxygen atoms in total. The van der Waals surface area contributed by atoms with Crippen molar-refractivity contribution < 1.29 is 4.39 Å². The Morgan fingerprint density at radius 1 is 1.39 bits per heavy atom. The van der Waals surface area contributed by atoms with E-state index in [2.05, 4.69) is 26.2 Å². The van der Waals surface area contributed by atoms with Crippen molar-refractivity contribution in [2.24, 2.45) is 0 Å². The highest BCUT2D eigenvalue weighted by Crippen LogP contribution is 2.23. The van der Waals surface area contributed by atoms with Gasteiger partial charge in [0.25, 0.3) is 0 Å². The highest BCUT2D eigenvalue weighted by atomic mass is 79.9. The SMILES string of the molecule is Cc1cn(-c2cc(Br)ccc2F)c(NC(C)C)n1. The van der Waals surface area contributed by atoms with Gasteiger partial charge >= 0.3 is 0 Å². The summed E-state index contributed by atoms with van der Waals surface area (Å²) in [6, 6.07) is 5.09. The molecule has 0 aliphatic carbocycles. The van der Waals surface area contributed by atoms with Crippen LogP contribution in [0, 0.1) is 12.7 Å². The minimum atomic E-state index is -0.276. The fourth-order valence-electron chi connectivity index (χ4n) is 1.71. The molecule has 1 N–H and O–H groups in total. The van der Waals surface area contributed by atoms with Crippen LogP contribution < -0.4 is 5.32 Å². The molecule has 5 heteroatoms. The van der Waals surface area contributed by atoms with Gasteiger partial charge < -0.3 is 5.32 Å². The lowest BCUT2D eigenvalue weighted by molar-refractivity contribution is 0.617. The maximum Gasteiger partial charge on any atom is 0.208 e. The van der Waals surface area contributed by atoms with Gasteiger partial charge in [-0.1, -0.05) is 15.9 Å². The number of nitrogens with zero attached hydrogens (tertiary/aromatic N) is 2. The van der Waals surface area contributed by atoms with Gasteiger partial charge in [0.15, 0.2) is 0 Å². The van der Waals surface area contributed by atoms with Crippen molar-refractivity contribution in [3.05, 3.63) is 40.4 Å². The van der Waals surface area contributed by atoms with E-state index in [-0.39, 0.29) is 11.9 Å². The Morgan fingerprint density at radius 3 is 2.78 bits per heavy atom. The van der Waals surface area contributed by atoms with Crippen LogP contribution >= 0.6 is 15.9 Å². The summed E-state index contributed by atoms with van der Waals surface area (Å²) in [6.45, 7) is 5.93. The Kier molecular flexibility index (Phi) is 3.71. The normalized spacial score (nSPS) is 11.0. The Labute approximate surface area is 114 Å². The zero-order valence-corrected chi connectivity index (χ0v) is 12.1. The first-order valence-electron chi connectivity index (χ1n) is 5.75. The maximum absolute atomic E-state index is 13.9. The molecule has 0 radical (unpaired) electrons. The van der Waals surface area contributed by atoms with Gasteiger partial charge in [0.2, 0.25) is 5.95 Å². The number of aromatic nitrogens is 2. The Bertz CT molecular complexity index is 563. The number of hydrogen-bond acceptors (Lipinski definition) is 2. The Balaban J connectivity index is 2.52. The van der Waals surface area contributed by atoms with Crippen molar-refractivity contribution in [3.63, 3.8) is 0 Å². The highest BCUT2D eigenvalue weighted by Gasteiger charge is 2.12. The van der Waals surface area contributed by atoms with E-state index in [0.29, 0.717) is 11.6 Å². The third kappa shape index (κ3) is 2.72. The second kappa shape index (κ2) is 5.10. The van der Waals surface area contributed by atoms with Gasteiger partial charge in [-0.3, -0.25) is 4.57 Å². The van der Waals surface area contributed by atoms with E-state index in [9.17, 15) is 4.39 Å². The molecule has 0 saturated carbocycles. The molecule has 0 saturated heterocycles. The Morgan fingerprint density at radius 2 is 2.11 bits per heavy atom. The zero-order valence-electron chi connectivity index (χ0n) is 10.5. The van der Waals surface area contributed by atoms with Gasteiger partial charge in [0.1, 0.15) is 5.82 Å². The van der Waals surface area contributed by atoms with Crippen LogP contribution in [0.3, 0.4) is 0 Å². The first-order chi connectivity index (χ1) is 8.47. The molecule has 2 aromatic rings. The van der Waals surface area contributed by atoms with Gasteiger partial charge in [-0.25, -0.2) is 9.37 Å². The average molecular weight is 312 g/mol. The van der Waals surface area contributed by atoms with Gasteiger partial charge in [-0.05, 0) is 39.0 Å². The number of aryl methyl sites for hydroxylation is 1. The van der Waals surface area contributed by atoms with Gasteiger partial charge in [0.05, 0.1) is 11.4 Å². The molecule has 0 spiro atoms. The number of hydrogen-bond donors (Lipinski definition) is 1. The fourth-order valence-corrected chi connectivity index (χ4v) is 2.06. The van der Waals surface area contributed by atoms with Gasteiger partial charge in [-0.15, -0.1) is 0 Å². The predicted octanol–water partition coefficient (Wildman–Crippen LogP) is 3.90. The summed E-state index contributed by atoms with van der Waals surface area (Å²) < 4.78 is 16.5. The fraction of sp³-hybridized carbons (Fsp3) is 0.308. The molecule has 0 amide bonds. The second-order valence-corrected chi connectivity index (χ2v) is 5.39. The monoisotopic (exact) mass is 311 g/mol. The van der Waals surface area contributed by atoms with Crippen LogP contribution in [0.4, 0.5) is 10.3 Å². The van der Waals surface area contributed by atoms with E-state index < -0.39 is 0 Å². The third-order valence-corrected chi connectivity index (χ3v) is 2.91.